The monoisotopic (exact) mass is 425 g/mol. The van der Waals surface area contributed by atoms with Crippen LogP contribution in [0.15, 0.2) is 58.5 Å². The highest BCUT2D eigenvalue weighted by Crippen LogP contribution is 2.33. The molecule has 1 atom stereocenters. The molecule has 9 heteroatoms. The third-order valence-electron chi connectivity index (χ3n) is 5.51. The molecule has 1 aliphatic heterocycles. The topological polar surface area (TPSA) is 86.4 Å². The Kier molecular flexibility index (Phi) is 4.52. The van der Waals surface area contributed by atoms with Crippen molar-refractivity contribution in [2.75, 3.05) is 18.0 Å². The number of hydrogen-bond donors (Lipinski definition) is 0. The number of piperidine rings is 1. The van der Waals surface area contributed by atoms with Gasteiger partial charge in [0.05, 0.1) is 5.52 Å². The molecule has 0 bridgehead atoms. The van der Waals surface area contributed by atoms with Crippen LogP contribution in [0.3, 0.4) is 0 Å². The zero-order valence-corrected chi connectivity index (χ0v) is 17.2. The lowest BCUT2D eigenvalue weighted by Gasteiger charge is -2.30. The van der Waals surface area contributed by atoms with Crippen LogP contribution in [0.1, 0.15) is 18.4 Å². The molecule has 1 saturated heterocycles. The Morgan fingerprint density at radius 2 is 1.80 bits per heavy atom. The smallest absolute Gasteiger partial charge is 0.317 e. The molecule has 3 heterocycles. The predicted octanol–water partition coefficient (Wildman–Crippen LogP) is 3.57. The van der Waals surface area contributed by atoms with Crippen molar-refractivity contribution < 1.29 is 13.2 Å². The third-order valence-corrected chi connectivity index (χ3v) is 7.18. The first kappa shape index (κ1) is 19.1. The van der Waals surface area contributed by atoms with E-state index in [1.54, 1.807) is 24.3 Å². The molecule has 0 saturated carbocycles. The largest absolute Gasteiger partial charge is 0.604 e. The average Bonchev–Trinajstić information content (AvgIpc) is 3.19. The van der Waals surface area contributed by atoms with E-state index in [2.05, 4.69) is 15.3 Å². The lowest BCUT2D eigenvalue weighted by atomic mass is 10.1. The maximum Gasteiger partial charge on any atom is 0.317 e. The Morgan fingerprint density at radius 3 is 2.53 bits per heavy atom. The van der Waals surface area contributed by atoms with Crippen molar-refractivity contribution in [1.82, 2.24) is 19.8 Å². The highest BCUT2D eigenvalue weighted by Gasteiger charge is 2.33. The number of anilines is 1. The van der Waals surface area contributed by atoms with Gasteiger partial charge in [-0.15, -0.1) is 0 Å². The molecule has 2 aromatic heterocycles. The van der Waals surface area contributed by atoms with E-state index in [4.69, 9.17) is 0 Å². The molecular weight excluding hydrogens is 405 g/mol. The molecule has 1 aliphatic rings. The van der Waals surface area contributed by atoms with E-state index < -0.39 is 16.4 Å². The number of rotatable bonds is 3. The van der Waals surface area contributed by atoms with E-state index >= 15 is 0 Å². The van der Waals surface area contributed by atoms with Gasteiger partial charge in [-0.2, -0.15) is 4.52 Å². The Morgan fingerprint density at radius 1 is 1.10 bits per heavy atom. The molecule has 1 fully saturated rings. The molecule has 4 aromatic rings. The Bertz CT molecular complexity index is 1280. The van der Waals surface area contributed by atoms with Gasteiger partial charge in [-0.25, -0.2) is 9.37 Å². The highest BCUT2D eigenvalue weighted by atomic mass is 32.3. The molecule has 2 aromatic carbocycles. The molecule has 0 spiro atoms. The number of para-hydroxylation sites is 1. The summed E-state index contributed by atoms with van der Waals surface area (Å²) in [5, 5.41) is 8.74. The quantitative estimate of drug-likeness (QED) is 0.467. The van der Waals surface area contributed by atoms with Gasteiger partial charge < -0.3 is 9.45 Å². The number of alkyl halides is 1. The number of aryl methyl sites for hydroxylation is 1. The van der Waals surface area contributed by atoms with Crippen LogP contribution in [0.2, 0.25) is 0 Å². The van der Waals surface area contributed by atoms with E-state index in [9.17, 15) is 13.2 Å². The van der Waals surface area contributed by atoms with Gasteiger partial charge in [0, 0.05) is 18.5 Å². The van der Waals surface area contributed by atoms with Crippen LogP contribution in [0.4, 0.5) is 10.2 Å². The fraction of sp³-hybridized carbons (Fsp3) is 0.286. The van der Waals surface area contributed by atoms with Crippen LogP contribution < -0.4 is 4.90 Å². The number of aromatic nitrogens is 4. The molecule has 1 unspecified atom stereocenters. The van der Waals surface area contributed by atoms with E-state index in [1.165, 1.54) is 4.52 Å². The van der Waals surface area contributed by atoms with Gasteiger partial charge in [0.2, 0.25) is 5.65 Å². The zero-order chi connectivity index (χ0) is 20.9. The maximum absolute atomic E-state index is 13.7. The SMILES string of the molecule is Cc1ccc([S+](=O)([O-])c2nnn3c2nc(N2CCC(F)CC2)c2ccccc23)cc1. The summed E-state index contributed by atoms with van der Waals surface area (Å²) in [6.45, 7) is 2.94. The molecule has 0 amide bonds. The zero-order valence-electron chi connectivity index (χ0n) is 16.4. The Labute approximate surface area is 173 Å². The molecule has 0 radical (unpaired) electrons. The van der Waals surface area contributed by atoms with Crippen molar-refractivity contribution in [2.24, 2.45) is 0 Å². The minimum atomic E-state index is -3.90. The lowest BCUT2D eigenvalue weighted by molar-refractivity contribution is 0.277. The van der Waals surface area contributed by atoms with E-state index in [0.717, 1.165) is 10.9 Å². The molecule has 7 nitrogen and oxygen atoms in total. The standard InChI is InChI=1S/C21H20FN5O2S/c1-14-6-8-16(9-7-14)30(28,29)21-20-23-19(26-12-10-15(22)11-13-26)17-4-2-3-5-18(17)27(20)25-24-21/h2-9,15H,10-13H2,1H3. The van der Waals surface area contributed by atoms with Gasteiger partial charge in [0.1, 0.15) is 22.2 Å². The van der Waals surface area contributed by atoms with Gasteiger partial charge in [-0.1, -0.05) is 44.3 Å². The first-order valence-electron chi connectivity index (χ1n) is 9.80. The van der Waals surface area contributed by atoms with Crippen LogP contribution >= 0.6 is 0 Å². The number of halogens is 1. The summed E-state index contributed by atoms with van der Waals surface area (Å²) in [4.78, 5) is 6.84. The van der Waals surface area contributed by atoms with Gasteiger partial charge in [-0.3, -0.25) is 0 Å². The van der Waals surface area contributed by atoms with Gasteiger partial charge in [0.25, 0.3) is 0 Å². The summed E-state index contributed by atoms with van der Waals surface area (Å²) in [5.74, 6) is 0.632. The van der Waals surface area contributed by atoms with Crippen LogP contribution in [-0.2, 0) is 14.4 Å². The number of sulfone groups is 1. The third kappa shape index (κ3) is 3.05. The molecule has 30 heavy (non-hydrogen) atoms. The van der Waals surface area contributed by atoms with E-state index in [-0.39, 0.29) is 15.6 Å². The minimum Gasteiger partial charge on any atom is -0.604 e. The summed E-state index contributed by atoms with van der Waals surface area (Å²) < 4.78 is 41.7. The van der Waals surface area contributed by atoms with Crippen molar-refractivity contribution in [1.29, 1.82) is 0 Å². The van der Waals surface area contributed by atoms with Crippen molar-refractivity contribution in [3.8, 4) is 0 Å². The fourth-order valence-electron chi connectivity index (χ4n) is 3.83. The molecule has 0 N–H and O–H groups in total. The van der Waals surface area contributed by atoms with Gasteiger partial charge in [-0.05, 0) is 44.0 Å². The first-order chi connectivity index (χ1) is 14.4. The number of nitrogens with zero attached hydrogens (tertiary/aromatic N) is 5. The minimum absolute atomic E-state index is 0.144. The second-order valence-electron chi connectivity index (χ2n) is 7.56. The molecule has 154 valence electrons. The van der Waals surface area contributed by atoms with Crippen molar-refractivity contribution in [3.63, 3.8) is 0 Å². The van der Waals surface area contributed by atoms with E-state index in [1.807, 2.05) is 36.1 Å². The first-order valence-corrected chi connectivity index (χ1v) is 11.3. The van der Waals surface area contributed by atoms with Crippen molar-refractivity contribution >= 4 is 32.6 Å². The average molecular weight is 425 g/mol. The Hall–Kier alpha value is -2.91. The summed E-state index contributed by atoms with van der Waals surface area (Å²) in [5.41, 5.74) is 1.84. The molecule has 0 aliphatic carbocycles. The summed E-state index contributed by atoms with van der Waals surface area (Å²) in [7, 11) is -3.90. The van der Waals surface area contributed by atoms with Crippen LogP contribution in [0.25, 0.3) is 16.6 Å². The van der Waals surface area contributed by atoms with Crippen LogP contribution in [0.5, 0.6) is 0 Å². The number of hydrogen-bond acceptors (Lipinski definition) is 6. The van der Waals surface area contributed by atoms with Crippen LogP contribution in [-0.4, -0.2) is 43.6 Å². The maximum atomic E-state index is 13.7. The number of benzene rings is 2. The summed E-state index contributed by atoms with van der Waals surface area (Å²) in [6.07, 6.45) is 0.0332. The van der Waals surface area contributed by atoms with Crippen molar-refractivity contribution in [3.05, 3.63) is 54.1 Å². The molecular formula is C21H20FN5O2S. The van der Waals surface area contributed by atoms with E-state index in [0.29, 0.717) is 37.3 Å². The summed E-state index contributed by atoms with van der Waals surface area (Å²) in [6, 6.07) is 14.1. The normalized spacial score (nSPS) is 17.5. The Balaban J connectivity index is 1.72. The lowest BCUT2D eigenvalue weighted by Crippen LogP contribution is -2.35. The second kappa shape index (κ2) is 7.10. The fourth-order valence-corrected chi connectivity index (χ4v) is 5.07. The molecule has 5 rings (SSSR count). The summed E-state index contributed by atoms with van der Waals surface area (Å²) >= 11 is 0. The second-order valence-corrected chi connectivity index (χ2v) is 9.43. The van der Waals surface area contributed by atoms with Crippen molar-refractivity contribution in [2.45, 2.75) is 35.9 Å². The van der Waals surface area contributed by atoms with Gasteiger partial charge >= 0.3 is 5.03 Å². The highest BCUT2D eigenvalue weighted by molar-refractivity contribution is 7.97. The van der Waals surface area contributed by atoms with Crippen LogP contribution in [0, 0.1) is 6.92 Å². The predicted molar refractivity (Wildman–Crippen MR) is 111 cm³/mol. The number of fused-ring (bicyclic) bond motifs is 3. The van der Waals surface area contributed by atoms with Gasteiger partial charge in [0.15, 0.2) is 4.90 Å².